The fraction of sp³-hybridized carbons (Fsp3) is 0.375. The van der Waals surface area contributed by atoms with Gasteiger partial charge in [-0.3, -0.25) is 4.90 Å². The molecule has 27 heavy (non-hydrogen) atoms. The number of likely N-dealkylation sites (N-methyl/N-ethyl adjacent to an activating group) is 1. The van der Waals surface area contributed by atoms with E-state index in [-0.39, 0.29) is 0 Å². The zero-order valence-electron chi connectivity index (χ0n) is 16.0. The molecule has 138 valence electrons. The number of hydrogen-bond donors (Lipinski definition) is 0. The SMILES string of the molecule is Cc1ccc([C@H]2CC3CCC([C@H]2c2cc(-c4ccccc4)no2)N3C)cc1. The van der Waals surface area contributed by atoms with Crippen LogP contribution < -0.4 is 0 Å². The van der Waals surface area contributed by atoms with Crippen molar-refractivity contribution in [2.24, 2.45) is 0 Å². The molecule has 0 spiro atoms. The summed E-state index contributed by atoms with van der Waals surface area (Å²) >= 11 is 0. The van der Waals surface area contributed by atoms with Crippen molar-refractivity contribution < 1.29 is 4.52 Å². The molecular weight excluding hydrogens is 332 g/mol. The molecule has 3 nitrogen and oxygen atoms in total. The molecule has 3 heteroatoms. The number of piperidine rings is 1. The number of hydrogen-bond acceptors (Lipinski definition) is 3. The van der Waals surface area contributed by atoms with Crippen LogP contribution >= 0.6 is 0 Å². The molecule has 2 saturated heterocycles. The first-order chi connectivity index (χ1) is 13.2. The van der Waals surface area contributed by atoms with Crippen molar-refractivity contribution in [2.75, 3.05) is 7.05 Å². The number of rotatable bonds is 3. The van der Waals surface area contributed by atoms with Gasteiger partial charge in [0.15, 0.2) is 0 Å². The van der Waals surface area contributed by atoms with Crippen LogP contribution in [0.2, 0.25) is 0 Å². The average molecular weight is 358 g/mol. The van der Waals surface area contributed by atoms with E-state index in [4.69, 9.17) is 4.52 Å². The van der Waals surface area contributed by atoms with Crippen LogP contribution in [0.25, 0.3) is 11.3 Å². The third-order valence-corrected chi connectivity index (χ3v) is 6.70. The molecule has 2 unspecified atom stereocenters. The van der Waals surface area contributed by atoms with Gasteiger partial charge < -0.3 is 4.52 Å². The highest BCUT2D eigenvalue weighted by Gasteiger charge is 2.48. The lowest BCUT2D eigenvalue weighted by molar-refractivity contribution is 0.122. The van der Waals surface area contributed by atoms with E-state index in [9.17, 15) is 0 Å². The minimum absolute atomic E-state index is 0.362. The van der Waals surface area contributed by atoms with Crippen molar-refractivity contribution in [2.45, 2.75) is 50.1 Å². The highest BCUT2D eigenvalue weighted by Crippen LogP contribution is 2.51. The molecule has 0 saturated carbocycles. The Morgan fingerprint density at radius 2 is 1.78 bits per heavy atom. The van der Waals surface area contributed by atoms with Gasteiger partial charge in [0, 0.05) is 29.6 Å². The minimum Gasteiger partial charge on any atom is -0.360 e. The van der Waals surface area contributed by atoms with Crippen LogP contribution in [-0.4, -0.2) is 29.2 Å². The summed E-state index contributed by atoms with van der Waals surface area (Å²) in [5.41, 5.74) is 4.81. The van der Waals surface area contributed by atoms with E-state index in [1.165, 1.54) is 30.4 Å². The molecule has 2 fully saturated rings. The molecule has 2 bridgehead atoms. The summed E-state index contributed by atoms with van der Waals surface area (Å²) in [5, 5.41) is 4.42. The predicted octanol–water partition coefficient (Wildman–Crippen LogP) is 5.38. The van der Waals surface area contributed by atoms with Crippen molar-refractivity contribution >= 4 is 0 Å². The molecule has 0 N–H and O–H groups in total. The summed E-state index contributed by atoms with van der Waals surface area (Å²) in [6, 6.07) is 22.8. The second kappa shape index (κ2) is 6.65. The summed E-state index contributed by atoms with van der Waals surface area (Å²) in [5.74, 6) is 1.90. The third kappa shape index (κ3) is 2.90. The van der Waals surface area contributed by atoms with Crippen LogP contribution in [0.15, 0.2) is 65.2 Å². The molecule has 2 aliphatic rings. The average Bonchev–Trinajstić information content (AvgIpc) is 3.26. The zero-order valence-corrected chi connectivity index (χ0v) is 16.0. The number of benzene rings is 2. The van der Waals surface area contributed by atoms with Crippen molar-refractivity contribution in [1.82, 2.24) is 10.1 Å². The number of nitrogens with zero attached hydrogens (tertiary/aromatic N) is 2. The van der Waals surface area contributed by atoms with Crippen LogP contribution in [0.4, 0.5) is 0 Å². The van der Waals surface area contributed by atoms with Gasteiger partial charge in [-0.15, -0.1) is 0 Å². The van der Waals surface area contributed by atoms with Crippen molar-refractivity contribution in [1.29, 1.82) is 0 Å². The molecule has 4 atom stereocenters. The second-order valence-corrected chi connectivity index (χ2v) is 8.22. The fourth-order valence-corrected chi connectivity index (χ4v) is 5.20. The number of aromatic nitrogens is 1. The molecule has 1 aromatic heterocycles. The first-order valence-corrected chi connectivity index (χ1v) is 10.0. The van der Waals surface area contributed by atoms with Crippen molar-refractivity contribution in [3.63, 3.8) is 0 Å². The van der Waals surface area contributed by atoms with Gasteiger partial charge in [0.25, 0.3) is 0 Å². The lowest BCUT2D eigenvalue weighted by Crippen LogP contribution is -2.44. The summed E-state index contributed by atoms with van der Waals surface area (Å²) in [4.78, 5) is 2.58. The van der Waals surface area contributed by atoms with Crippen molar-refractivity contribution in [3.05, 3.63) is 77.6 Å². The Morgan fingerprint density at radius 1 is 1.00 bits per heavy atom. The molecule has 0 radical (unpaired) electrons. The number of fused-ring (bicyclic) bond motifs is 2. The van der Waals surface area contributed by atoms with Gasteiger partial charge in [-0.1, -0.05) is 65.3 Å². The normalized spacial score (nSPS) is 27.8. The Hall–Kier alpha value is -2.39. The smallest absolute Gasteiger partial charge is 0.142 e. The first kappa shape index (κ1) is 16.8. The summed E-state index contributed by atoms with van der Waals surface area (Å²) in [7, 11) is 2.29. The van der Waals surface area contributed by atoms with Gasteiger partial charge in [0.05, 0.1) is 0 Å². The van der Waals surface area contributed by atoms with Gasteiger partial charge >= 0.3 is 0 Å². The zero-order chi connectivity index (χ0) is 18.4. The second-order valence-electron chi connectivity index (χ2n) is 8.22. The summed E-state index contributed by atoms with van der Waals surface area (Å²) < 4.78 is 5.96. The Kier molecular flexibility index (Phi) is 4.13. The van der Waals surface area contributed by atoms with Crippen LogP contribution in [0.1, 0.15) is 48.0 Å². The predicted molar refractivity (Wildman–Crippen MR) is 108 cm³/mol. The molecule has 0 aliphatic carbocycles. The van der Waals surface area contributed by atoms with Crippen LogP contribution in [0, 0.1) is 6.92 Å². The van der Waals surface area contributed by atoms with Gasteiger partial charge in [0.1, 0.15) is 11.5 Å². The quantitative estimate of drug-likeness (QED) is 0.629. The Labute approximate surface area is 161 Å². The van der Waals surface area contributed by atoms with Gasteiger partial charge in [0.2, 0.25) is 0 Å². The first-order valence-electron chi connectivity index (χ1n) is 10.0. The lowest BCUT2D eigenvalue weighted by atomic mass is 9.74. The molecule has 0 amide bonds. The maximum Gasteiger partial charge on any atom is 0.142 e. The topological polar surface area (TPSA) is 29.3 Å². The van der Waals surface area contributed by atoms with E-state index >= 15 is 0 Å². The monoisotopic (exact) mass is 358 g/mol. The van der Waals surface area contributed by atoms with Crippen LogP contribution in [0.5, 0.6) is 0 Å². The third-order valence-electron chi connectivity index (χ3n) is 6.70. The standard InChI is InChI=1S/C24H26N2O/c1-16-8-10-17(11-9-16)20-14-19-12-13-22(26(19)2)24(20)23-15-21(25-27-23)18-6-4-3-5-7-18/h3-11,15,19-20,22,24H,12-14H2,1-2H3/t19?,20-,22?,24+/m1/s1. The molecule has 3 heterocycles. The summed E-state index contributed by atoms with van der Waals surface area (Å²) in [6.07, 6.45) is 3.73. The molecule has 3 aromatic rings. The maximum atomic E-state index is 5.96. The maximum absolute atomic E-state index is 5.96. The van der Waals surface area contributed by atoms with Crippen molar-refractivity contribution in [3.8, 4) is 11.3 Å². The summed E-state index contributed by atoms with van der Waals surface area (Å²) in [6.45, 7) is 2.15. The van der Waals surface area contributed by atoms with E-state index in [1.54, 1.807) is 0 Å². The van der Waals surface area contributed by atoms with Crippen LogP contribution in [-0.2, 0) is 0 Å². The van der Waals surface area contributed by atoms with E-state index in [0.29, 0.717) is 23.9 Å². The Balaban J connectivity index is 1.54. The van der Waals surface area contributed by atoms with E-state index in [1.807, 2.05) is 6.07 Å². The number of aryl methyl sites for hydroxylation is 1. The Morgan fingerprint density at radius 3 is 2.56 bits per heavy atom. The molecule has 2 aromatic carbocycles. The molecule has 5 rings (SSSR count). The molecular formula is C24H26N2O. The van der Waals surface area contributed by atoms with E-state index < -0.39 is 0 Å². The van der Waals surface area contributed by atoms with Gasteiger partial charge in [-0.05, 0) is 44.7 Å². The molecule has 2 aliphatic heterocycles. The van der Waals surface area contributed by atoms with Crippen LogP contribution in [0.3, 0.4) is 0 Å². The lowest BCUT2D eigenvalue weighted by Gasteiger charge is -2.42. The van der Waals surface area contributed by atoms with Gasteiger partial charge in [-0.2, -0.15) is 0 Å². The highest BCUT2D eigenvalue weighted by atomic mass is 16.5. The largest absolute Gasteiger partial charge is 0.360 e. The fourth-order valence-electron chi connectivity index (χ4n) is 5.20. The van der Waals surface area contributed by atoms with E-state index in [2.05, 4.69) is 78.6 Å². The minimum atomic E-state index is 0.362. The Bertz CT molecular complexity index is 915. The van der Waals surface area contributed by atoms with Gasteiger partial charge in [-0.25, -0.2) is 0 Å². The van der Waals surface area contributed by atoms with E-state index in [0.717, 1.165) is 17.0 Å². The highest BCUT2D eigenvalue weighted by molar-refractivity contribution is 5.58.